The fraction of sp³-hybridized carbons (Fsp3) is 0.500. The minimum absolute atomic E-state index is 0.0244. The van der Waals surface area contributed by atoms with Crippen molar-refractivity contribution >= 4 is 23.8 Å². The van der Waals surface area contributed by atoms with Crippen molar-refractivity contribution < 1.29 is 28.7 Å². The zero-order chi connectivity index (χ0) is 21.1. The van der Waals surface area contributed by atoms with E-state index in [1.807, 2.05) is 37.3 Å². The maximum Gasteiger partial charge on any atom is 0.328 e. The van der Waals surface area contributed by atoms with E-state index in [0.29, 0.717) is 0 Å². The average molecular weight is 392 g/mol. The highest BCUT2D eigenvalue weighted by atomic mass is 16.5. The number of amides is 2. The molecule has 0 radical (unpaired) electrons. The van der Waals surface area contributed by atoms with Gasteiger partial charge in [0.05, 0.1) is 26.2 Å². The Bertz CT molecular complexity index is 677. The van der Waals surface area contributed by atoms with Crippen molar-refractivity contribution in [2.45, 2.75) is 45.2 Å². The summed E-state index contributed by atoms with van der Waals surface area (Å²) in [5.41, 5.74) is 0.961. The third kappa shape index (κ3) is 7.77. The summed E-state index contributed by atoms with van der Waals surface area (Å²) in [5.74, 6) is -2.49. The molecule has 0 saturated carbocycles. The van der Waals surface area contributed by atoms with Gasteiger partial charge in [0.1, 0.15) is 6.04 Å². The van der Waals surface area contributed by atoms with Crippen LogP contribution < -0.4 is 10.6 Å². The van der Waals surface area contributed by atoms with Crippen LogP contribution in [-0.2, 0) is 28.7 Å². The molecule has 1 aromatic rings. The summed E-state index contributed by atoms with van der Waals surface area (Å²) < 4.78 is 9.30. The molecule has 0 aliphatic carbocycles. The second-order valence-corrected chi connectivity index (χ2v) is 6.50. The van der Waals surface area contributed by atoms with Crippen LogP contribution in [0.1, 0.15) is 44.7 Å². The number of carbonyl (C=O) groups excluding carboxylic acids is 4. The van der Waals surface area contributed by atoms with Crippen LogP contribution in [0, 0.1) is 5.92 Å². The molecule has 0 aliphatic rings. The Morgan fingerprint density at radius 3 is 1.93 bits per heavy atom. The molecular weight excluding hydrogens is 364 g/mol. The van der Waals surface area contributed by atoms with Crippen LogP contribution in [0.3, 0.4) is 0 Å². The second kappa shape index (κ2) is 11.7. The molecule has 0 bridgehead atoms. The minimum atomic E-state index is -0.988. The van der Waals surface area contributed by atoms with Crippen LogP contribution in [0.15, 0.2) is 30.3 Å². The molecule has 2 amide bonds. The Balaban J connectivity index is 2.51. The number of benzene rings is 1. The fourth-order valence-electron chi connectivity index (χ4n) is 2.64. The molecule has 0 spiro atoms. The van der Waals surface area contributed by atoms with Gasteiger partial charge in [-0.05, 0) is 18.9 Å². The largest absolute Gasteiger partial charge is 0.469 e. The Kier molecular flexibility index (Phi) is 9.70. The zero-order valence-electron chi connectivity index (χ0n) is 16.7. The molecule has 154 valence electrons. The summed E-state index contributed by atoms with van der Waals surface area (Å²) in [4.78, 5) is 47.6. The van der Waals surface area contributed by atoms with Crippen LogP contribution in [0.4, 0.5) is 0 Å². The lowest BCUT2D eigenvalue weighted by Gasteiger charge is -2.19. The van der Waals surface area contributed by atoms with Gasteiger partial charge in [-0.25, -0.2) is 4.79 Å². The molecule has 0 heterocycles. The molecular formula is C20H28N2O6. The molecule has 3 atom stereocenters. The molecule has 0 aliphatic heterocycles. The van der Waals surface area contributed by atoms with Crippen LogP contribution in [0.2, 0.25) is 0 Å². The number of hydrogen-bond donors (Lipinski definition) is 2. The van der Waals surface area contributed by atoms with Gasteiger partial charge in [0.2, 0.25) is 11.8 Å². The van der Waals surface area contributed by atoms with Gasteiger partial charge in [0.15, 0.2) is 0 Å². The number of methoxy groups -OCH3 is 2. The van der Waals surface area contributed by atoms with Gasteiger partial charge >= 0.3 is 11.9 Å². The van der Waals surface area contributed by atoms with Crippen molar-refractivity contribution in [3.05, 3.63) is 35.9 Å². The molecule has 0 saturated heterocycles. The van der Waals surface area contributed by atoms with Crippen molar-refractivity contribution in [2.75, 3.05) is 14.2 Å². The first-order chi connectivity index (χ1) is 13.3. The molecule has 8 heteroatoms. The highest BCUT2D eigenvalue weighted by Gasteiger charge is 2.27. The van der Waals surface area contributed by atoms with Crippen LogP contribution >= 0.6 is 0 Å². The summed E-state index contributed by atoms with van der Waals surface area (Å²) in [7, 11) is 2.45. The van der Waals surface area contributed by atoms with E-state index in [9.17, 15) is 19.2 Å². The number of rotatable bonds is 10. The maximum absolute atomic E-state index is 12.1. The van der Waals surface area contributed by atoms with Crippen molar-refractivity contribution in [1.29, 1.82) is 0 Å². The van der Waals surface area contributed by atoms with E-state index < -0.39 is 29.8 Å². The third-order valence-electron chi connectivity index (χ3n) is 4.27. The highest BCUT2D eigenvalue weighted by molar-refractivity contribution is 5.87. The Hall–Kier alpha value is -2.90. The van der Waals surface area contributed by atoms with Gasteiger partial charge in [0, 0.05) is 12.8 Å². The van der Waals surface area contributed by atoms with E-state index in [1.165, 1.54) is 14.2 Å². The second-order valence-electron chi connectivity index (χ2n) is 6.50. The summed E-state index contributed by atoms with van der Waals surface area (Å²) in [6, 6.07) is 8.29. The smallest absolute Gasteiger partial charge is 0.328 e. The van der Waals surface area contributed by atoms with Gasteiger partial charge in [0.25, 0.3) is 0 Å². The van der Waals surface area contributed by atoms with Crippen LogP contribution in [0.25, 0.3) is 0 Å². The lowest BCUT2D eigenvalue weighted by atomic mass is 10.0. The maximum atomic E-state index is 12.1. The molecule has 0 unspecified atom stereocenters. The first-order valence-electron chi connectivity index (χ1n) is 9.07. The summed E-state index contributed by atoms with van der Waals surface area (Å²) in [6.07, 6.45) is -0.0702. The lowest BCUT2D eigenvalue weighted by Crippen LogP contribution is -2.43. The Morgan fingerprint density at radius 1 is 0.857 bits per heavy atom. The minimum Gasteiger partial charge on any atom is -0.469 e. The van der Waals surface area contributed by atoms with Crippen LogP contribution in [-0.4, -0.2) is 44.0 Å². The average Bonchev–Trinajstić information content (AvgIpc) is 2.70. The van der Waals surface area contributed by atoms with E-state index in [1.54, 1.807) is 6.92 Å². The molecule has 0 fully saturated rings. The van der Waals surface area contributed by atoms with Gasteiger partial charge in [-0.2, -0.15) is 0 Å². The topological polar surface area (TPSA) is 111 Å². The molecule has 1 aromatic carbocycles. The number of hydrogen-bond acceptors (Lipinski definition) is 6. The Morgan fingerprint density at radius 2 is 1.39 bits per heavy atom. The van der Waals surface area contributed by atoms with Gasteiger partial charge in [-0.3, -0.25) is 14.4 Å². The lowest BCUT2D eigenvalue weighted by molar-refractivity contribution is -0.148. The van der Waals surface area contributed by atoms with E-state index >= 15 is 0 Å². The predicted molar refractivity (Wildman–Crippen MR) is 102 cm³/mol. The highest BCUT2D eigenvalue weighted by Crippen LogP contribution is 2.12. The normalized spacial score (nSPS) is 13.6. The van der Waals surface area contributed by atoms with E-state index in [0.717, 1.165) is 5.56 Å². The predicted octanol–water partition coefficient (Wildman–Crippen LogP) is 1.50. The first kappa shape index (κ1) is 23.1. The molecule has 0 aromatic heterocycles. The van der Waals surface area contributed by atoms with E-state index in [-0.39, 0.29) is 31.2 Å². The van der Waals surface area contributed by atoms with E-state index in [2.05, 4.69) is 20.1 Å². The van der Waals surface area contributed by atoms with Crippen molar-refractivity contribution in [3.8, 4) is 0 Å². The van der Waals surface area contributed by atoms with E-state index in [4.69, 9.17) is 0 Å². The first-order valence-corrected chi connectivity index (χ1v) is 9.07. The molecule has 8 nitrogen and oxygen atoms in total. The molecule has 2 N–H and O–H groups in total. The van der Waals surface area contributed by atoms with Gasteiger partial charge in [-0.15, -0.1) is 0 Å². The van der Waals surface area contributed by atoms with Crippen molar-refractivity contribution in [3.63, 3.8) is 0 Å². The monoisotopic (exact) mass is 392 g/mol. The zero-order valence-corrected chi connectivity index (χ0v) is 16.7. The summed E-state index contributed by atoms with van der Waals surface area (Å²) >= 11 is 0. The SMILES string of the molecule is COC(=O)[C@H](C)C[C@@H](NC(=O)CCC(=O)N[C@H](C)c1ccccc1)C(=O)OC. The third-order valence-corrected chi connectivity index (χ3v) is 4.27. The molecule has 28 heavy (non-hydrogen) atoms. The summed E-state index contributed by atoms with van der Waals surface area (Å²) in [6.45, 7) is 3.45. The number of nitrogens with one attached hydrogen (secondary N) is 2. The standard InChI is InChI=1S/C20H28N2O6/c1-13(19(25)27-3)12-16(20(26)28-4)22-18(24)11-10-17(23)21-14(2)15-8-6-5-7-9-15/h5-9,13-14,16H,10-12H2,1-4H3,(H,21,23)(H,22,24)/t13-,14-,16-/m1/s1. The van der Waals surface area contributed by atoms with Gasteiger partial charge < -0.3 is 20.1 Å². The number of ether oxygens (including phenoxy) is 2. The Labute approximate surface area is 165 Å². The summed E-state index contributed by atoms with van der Waals surface area (Å²) in [5, 5.41) is 5.34. The number of esters is 2. The fourth-order valence-corrected chi connectivity index (χ4v) is 2.64. The molecule has 1 rings (SSSR count). The van der Waals surface area contributed by atoms with Crippen molar-refractivity contribution in [2.24, 2.45) is 5.92 Å². The van der Waals surface area contributed by atoms with Gasteiger partial charge in [-0.1, -0.05) is 37.3 Å². The van der Waals surface area contributed by atoms with Crippen molar-refractivity contribution in [1.82, 2.24) is 10.6 Å². The quantitative estimate of drug-likeness (QED) is 0.584. The number of carbonyl (C=O) groups is 4. The van der Waals surface area contributed by atoms with Crippen LogP contribution in [0.5, 0.6) is 0 Å².